The first-order chi connectivity index (χ1) is 8.97. The average molecular weight is 327 g/mol. The number of Topliss-reactive ketones (excluding diaryl/α,β-unsaturated/α-hetero) is 1. The molecule has 1 rings (SSSR count). The molecule has 0 fully saturated rings. The standard InChI is InChI=1S/C15H23BrN2O/c1-5-15(4,18(6-2)7-3)14(19)9-12-8-13(16)11-17-10-12/h8,10-11H,5-7,9H2,1-4H3. The zero-order valence-electron chi connectivity index (χ0n) is 12.2. The normalized spacial score (nSPS) is 14.4. The molecule has 3 nitrogen and oxygen atoms in total. The lowest BCUT2D eigenvalue weighted by atomic mass is 9.87. The number of pyridine rings is 1. The van der Waals surface area contributed by atoms with Crippen LogP contribution in [0.1, 0.15) is 39.7 Å². The SMILES string of the molecule is CCN(CC)C(C)(CC)C(=O)Cc1cncc(Br)c1. The van der Waals surface area contributed by atoms with Crippen LogP contribution < -0.4 is 0 Å². The molecule has 4 heteroatoms. The number of rotatable bonds is 7. The molecule has 0 bridgehead atoms. The van der Waals surface area contributed by atoms with Crippen LogP contribution in [-0.2, 0) is 11.2 Å². The highest BCUT2D eigenvalue weighted by Crippen LogP contribution is 2.23. The van der Waals surface area contributed by atoms with Crippen LogP contribution in [-0.4, -0.2) is 34.3 Å². The van der Waals surface area contributed by atoms with Crippen LogP contribution >= 0.6 is 15.9 Å². The number of hydrogen-bond donors (Lipinski definition) is 0. The van der Waals surface area contributed by atoms with Crippen molar-refractivity contribution in [3.05, 3.63) is 28.5 Å². The van der Waals surface area contributed by atoms with Crippen molar-refractivity contribution < 1.29 is 4.79 Å². The van der Waals surface area contributed by atoms with E-state index >= 15 is 0 Å². The summed E-state index contributed by atoms with van der Waals surface area (Å²) in [6, 6.07) is 1.96. The van der Waals surface area contributed by atoms with E-state index in [0.717, 1.165) is 29.5 Å². The van der Waals surface area contributed by atoms with E-state index in [4.69, 9.17) is 0 Å². The average Bonchev–Trinajstić information content (AvgIpc) is 2.39. The van der Waals surface area contributed by atoms with Crippen LogP contribution in [0.5, 0.6) is 0 Å². The van der Waals surface area contributed by atoms with Crippen LogP contribution in [0, 0.1) is 0 Å². The number of carbonyl (C=O) groups excluding carboxylic acids is 1. The van der Waals surface area contributed by atoms with Gasteiger partial charge in [-0.1, -0.05) is 20.8 Å². The Morgan fingerprint density at radius 3 is 2.42 bits per heavy atom. The molecule has 1 aromatic rings. The highest BCUT2D eigenvalue weighted by atomic mass is 79.9. The zero-order valence-corrected chi connectivity index (χ0v) is 13.8. The number of likely N-dealkylation sites (N-methyl/N-ethyl adjacent to an activating group) is 1. The van der Waals surface area contributed by atoms with Gasteiger partial charge in [-0.25, -0.2) is 0 Å². The molecule has 0 N–H and O–H groups in total. The van der Waals surface area contributed by atoms with E-state index in [1.165, 1.54) is 0 Å². The number of hydrogen-bond acceptors (Lipinski definition) is 3. The Bertz CT molecular complexity index is 432. The molecule has 0 radical (unpaired) electrons. The second-order valence-corrected chi connectivity index (χ2v) is 5.83. The molecule has 0 aliphatic heterocycles. The Hall–Kier alpha value is -0.740. The Balaban J connectivity index is 2.90. The summed E-state index contributed by atoms with van der Waals surface area (Å²) in [6.45, 7) is 10.1. The monoisotopic (exact) mass is 326 g/mol. The van der Waals surface area contributed by atoms with Crippen molar-refractivity contribution in [1.29, 1.82) is 0 Å². The largest absolute Gasteiger partial charge is 0.297 e. The summed E-state index contributed by atoms with van der Waals surface area (Å²) < 4.78 is 0.916. The molecule has 1 heterocycles. The summed E-state index contributed by atoms with van der Waals surface area (Å²) in [5.74, 6) is 0.263. The van der Waals surface area contributed by atoms with Gasteiger partial charge in [-0.15, -0.1) is 0 Å². The van der Waals surface area contributed by atoms with Gasteiger partial charge >= 0.3 is 0 Å². The molecule has 19 heavy (non-hydrogen) atoms. The van der Waals surface area contributed by atoms with Gasteiger partial charge in [0.1, 0.15) is 0 Å². The summed E-state index contributed by atoms with van der Waals surface area (Å²) >= 11 is 3.39. The quantitative estimate of drug-likeness (QED) is 0.769. The van der Waals surface area contributed by atoms with E-state index in [0.29, 0.717) is 6.42 Å². The van der Waals surface area contributed by atoms with Crippen molar-refractivity contribution in [3.63, 3.8) is 0 Å². The predicted octanol–water partition coefficient (Wildman–Crippen LogP) is 3.47. The van der Waals surface area contributed by atoms with E-state index in [2.05, 4.69) is 46.6 Å². The summed E-state index contributed by atoms with van der Waals surface area (Å²) in [5, 5.41) is 0. The lowest BCUT2D eigenvalue weighted by Crippen LogP contribution is -2.52. The predicted molar refractivity (Wildman–Crippen MR) is 82.3 cm³/mol. The second kappa shape index (κ2) is 7.15. The molecule has 0 aliphatic carbocycles. The third-order valence-electron chi connectivity index (χ3n) is 3.88. The zero-order chi connectivity index (χ0) is 14.5. The first-order valence-electron chi connectivity index (χ1n) is 6.85. The summed E-state index contributed by atoms with van der Waals surface area (Å²) in [6.07, 6.45) is 4.76. The van der Waals surface area contributed by atoms with Gasteiger partial charge in [-0.3, -0.25) is 14.7 Å². The highest BCUT2D eigenvalue weighted by molar-refractivity contribution is 9.10. The van der Waals surface area contributed by atoms with Gasteiger partial charge in [-0.05, 0) is 54.0 Å². The molecule has 1 aromatic heterocycles. The smallest absolute Gasteiger partial charge is 0.157 e. The van der Waals surface area contributed by atoms with Crippen molar-refractivity contribution in [2.24, 2.45) is 0 Å². The van der Waals surface area contributed by atoms with Crippen molar-refractivity contribution >= 4 is 21.7 Å². The van der Waals surface area contributed by atoms with Gasteiger partial charge in [0.05, 0.1) is 5.54 Å². The molecule has 0 saturated heterocycles. The maximum absolute atomic E-state index is 12.7. The minimum atomic E-state index is -0.383. The first kappa shape index (κ1) is 16.3. The first-order valence-corrected chi connectivity index (χ1v) is 7.65. The van der Waals surface area contributed by atoms with E-state index < -0.39 is 0 Å². The Kier molecular flexibility index (Phi) is 6.14. The van der Waals surface area contributed by atoms with Crippen molar-refractivity contribution in [2.75, 3.05) is 13.1 Å². The van der Waals surface area contributed by atoms with Gasteiger partial charge in [0.2, 0.25) is 0 Å². The van der Waals surface area contributed by atoms with Crippen LogP contribution in [0.25, 0.3) is 0 Å². The van der Waals surface area contributed by atoms with Gasteiger partial charge in [-0.2, -0.15) is 0 Å². The third-order valence-corrected chi connectivity index (χ3v) is 4.31. The Morgan fingerprint density at radius 2 is 1.95 bits per heavy atom. The van der Waals surface area contributed by atoms with Crippen molar-refractivity contribution in [2.45, 2.75) is 46.1 Å². The topological polar surface area (TPSA) is 33.2 Å². The van der Waals surface area contributed by atoms with Crippen molar-refractivity contribution in [1.82, 2.24) is 9.88 Å². The van der Waals surface area contributed by atoms with Crippen LogP contribution in [0.15, 0.2) is 22.9 Å². The number of aromatic nitrogens is 1. The molecule has 0 amide bonds. The molecule has 0 aliphatic rings. The third kappa shape index (κ3) is 3.86. The maximum Gasteiger partial charge on any atom is 0.157 e. The Morgan fingerprint density at radius 1 is 1.32 bits per heavy atom. The molecule has 1 atom stereocenters. The fourth-order valence-corrected chi connectivity index (χ4v) is 2.86. The number of ketones is 1. The second-order valence-electron chi connectivity index (χ2n) is 4.91. The van der Waals surface area contributed by atoms with Crippen molar-refractivity contribution in [3.8, 4) is 0 Å². The van der Waals surface area contributed by atoms with E-state index in [1.807, 2.05) is 13.0 Å². The summed E-state index contributed by atoms with van der Waals surface area (Å²) in [7, 11) is 0. The number of halogens is 1. The van der Waals surface area contributed by atoms with Gasteiger partial charge < -0.3 is 0 Å². The van der Waals surface area contributed by atoms with Gasteiger partial charge in [0.25, 0.3) is 0 Å². The molecule has 0 aromatic carbocycles. The number of carbonyl (C=O) groups is 1. The van der Waals surface area contributed by atoms with E-state index in [-0.39, 0.29) is 11.3 Å². The van der Waals surface area contributed by atoms with E-state index in [9.17, 15) is 4.79 Å². The van der Waals surface area contributed by atoms with Gasteiger partial charge in [0, 0.05) is 23.3 Å². The van der Waals surface area contributed by atoms with Crippen LogP contribution in [0.3, 0.4) is 0 Å². The van der Waals surface area contributed by atoms with Gasteiger partial charge in [0.15, 0.2) is 5.78 Å². The minimum Gasteiger partial charge on any atom is -0.297 e. The fraction of sp³-hybridized carbons (Fsp3) is 0.600. The minimum absolute atomic E-state index is 0.263. The van der Waals surface area contributed by atoms with E-state index in [1.54, 1.807) is 12.4 Å². The summed E-state index contributed by atoms with van der Waals surface area (Å²) in [5.41, 5.74) is 0.581. The van der Waals surface area contributed by atoms with Crippen LogP contribution in [0.2, 0.25) is 0 Å². The summed E-state index contributed by atoms with van der Waals surface area (Å²) in [4.78, 5) is 19.0. The Labute approximate surface area is 124 Å². The maximum atomic E-state index is 12.7. The molecule has 0 spiro atoms. The molecule has 0 saturated carbocycles. The molecule has 106 valence electrons. The highest BCUT2D eigenvalue weighted by Gasteiger charge is 2.35. The molecule has 1 unspecified atom stereocenters. The molecular weight excluding hydrogens is 304 g/mol. The lowest BCUT2D eigenvalue weighted by Gasteiger charge is -2.38. The molecular formula is C15H23BrN2O. The fourth-order valence-electron chi connectivity index (χ4n) is 2.45. The number of nitrogens with zero attached hydrogens (tertiary/aromatic N) is 2. The van der Waals surface area contributed by atoms with Crippen LogP contribution in [0.4, 0.5) is 0 Å². The lowest BCUT2D eigenvalue weighted by molar-refractivity contribution is -0.129.